The topological polar surface area (TPSA) is 78.9 Å². The van der Waals surface area contributed by atoms with E-state index in [1.54, 1.807) is 0 Å². The first kappa shape index (κ1) is 11.6. The van der Waals surface area contributed by atoms with Crippen molar-refractivity contribution in [2.24, 2.45) is 16.3 Å². The van der Waals surface area contributed by atoms with Crippen LogP contribution in [0.4, 0.5) is 0 Å². The van der Waals surface area contributed by atoms with Gasteiger partial charge < -0.3 is 15.8 Å². The summed E-state index contributed by atoms with van der Waals surface area (Å²) in [5.41, 5.74) is 4.97. The summed E-state index contributed by atoms with van der Waals surface area (Å²) in [7, 11) is 0. The predicted octanol–water partition coefficient (Wildman–Crippen LogP) is 0.478. The summed E-state index contributed by atoms with van der Waals surface area (Å²) in [6.07, 6.45) is 2.40. The van der Waals surface area contributed by atoms with E-state index in [0.717, 1.165) is 31.0 Å². The number of nitrogens with zero attached hydrogens (tertiary/aromatic N) is 2. The van der Waals surface area contributed by atoms with Crippen LogP contribution in [0.15, 0.2) is 5.16 Å². The van der Waals surface area contributed by atoms with Crippen molar-refractivity contribution in [1.29, 1.82) is 0 Å². The van der Waals surface area contributed by atoms with Gasteiger partial charge in [0.1, 0.15) is 5.41 Å². The van der Waals surface area contributed by atoms with Gasteiger partial charge in [0.15, 0.2) is 5.84 Å². The molecule has 0 aromatic carbocycles. The summed E-state index contributed by atoms with van der Waals surface area (Å²) < 4.78 is 0. The van der Waals surface area contributed by atoms with E-state index in [0.29, 0.717) is 12.8 Å². The Bertz CT molecular complexity index is 309. The third-order valence-corrected chi connectivity index (χ3v) is 4.46. The molecule has 90 valence electrons. The molecule has 1 aliphatic carbocycles. The normalized spacial score (nSPS) is 25.0. The number of amidine groups is 1. The fourth-order valence-corrected chi connectivity index (χ4v) is 3.18. The molecule has 2 rings (SSSR count). The molecule has 6 heteroatoms. The average molecular weight is 243 g/mol. The fraction of sp³-hybridized carbons (Fsp3) is 0.800. The van der Waals surface area contributed by atoms with Gasteiger partial charge in [0.2, 0.25) is 5.91 Å². The van der Waals surface area contributed by atoms with Crippen LogP contribution in [0.3, 0.4) is 0 Å². The van der Waals surface area contributed by atoms with Crippen LogP contribution >= 0.6 is 11.8 Å². The van der Waals surface area contributed by atoms with Crippen molar-refractivity contribution in [3.05, 3.63) is 0 Å². The summed E-state index contributed by atoms with van der Waals surface area (Å²) in [6.45, 7) is 1.56. The van der Waals surface area contributed by atoms with Crippen molar-refractivity contribution in [3.63, 3.8) is 0 Å². The van der Waals surface area contributed by atoms with Crippen molar-refractivity contribution in [3.8, 4) is 0 Å². The summed E-state index contributed by atoms with van der Waals surface area (Å²) in [6, 6.07) is 0. The largest absolute Gasteiger partial charge is 0.409 e. The summed E-state index contributed by atoms with van der Waals surface area (Å²) in [5.74, 6) is 2.10. The van der Waals surface area contributed by atoms with Gasteiger partial charge in [-0.15, -0.1) is 0 Å². The summed E-state index contributed by atoms with van der Waals surface area (Å²) in [5, 5.41) is 11.8. The highest BCUT2D eigenvalue weighted by molar-refractivity contribution is 7.99. The number of nitrogens with two attached hydrogens (primary N) is 1. The van der Waals surface area contributed by atoms with E-state index in [1.165, 1.54) is 0 Å². The molecule has 0 aromatic heterocycles. The maximum absolute atomic E-state index is 12.3. The molecule has 0 unspecified atom stereocenters. The number of amides is 1. The SMILES string of the molecule is NC(=NO)C1(C(=O)N2CCSCC2)CCC1. The first-order chi connectivity index (χ1) is 7.70. The van der Waals surface area contributed by atoms with Crippen LogP contribution < -0.4 is 5.73 Å². The standard InChI is InChI=1S/C10H17N3O2S/c11-8(12-15)10(2-1-3-10)9(14)13-4-6-16-7-5-13/h15H,1-7H2,(H2,11,12). The molecule has 2 aliphatic rings. The average Bonchev–Trinajstić information content (AvgIpc) is 2.28. The lowest BCUT2D eigenvalue weighted by Gasteiger charge is -2.43. The van der Waals surface area contributed by atoms with Crippen LogP contribution in [0.2, 0.25) is 0 Å². The van der Waals surface area contributed by atoms with Crippen LogP contribution in [0.1, 0.15) is 19.3 Å². The lowest BCUT2D eigenvalue weighted by molar-refractivity contribution is -0.141. The smallest absolute Gasteiger partial charge is 0.236 e. The molecule has 0 radical (unpaired) electrons. The quantitative estimate of drug-likeness (QED) is 0.320. The van der Waals surface area contributed by atoms with Gasteiger partial charge in [0.25, 0.3) is 0 Å². The molecule has 1 saturated heterocycles. The molecule has 1 aliphatic heterocycles. The van der Waals surface area contributed by atoms with Gasteiger partial charge in [-0.3, -0.25) is 4.79 Å². The summed E-state index contributed by atoms with van der Waals surface area (Å²) >= 11 is 1.86. The number of hydrogen-bond acceptors (Lipinski definition) is 4. The molecule has 0 spiro atoms. The Balaban J connectivity index is 2.12. The zero-order valence-electron chi connectivity index (χ0n) is 9.19. The second kappa shape index (κ2) is 4.53. The number of carbonyl (C=O) groups excluding carboxylic acids is 1. The number of oxime groups is 1. The molecular formula is C10H17N3O2S. The van der Waals surface area contributed by atoms with Crippen LogP contribution in [0.5, 0.6) is 0 Å². The Morgan fingerprint density at radius 3 is 2.44 bits per heavy atom. The highest BCUT2D eigenvalue weighted by Crippen LogP contribution is 2.43. The van der Waals surface area contributed by atoms with Crippen molar-refractivity contribution in [2.75, 3.05) is 24.6 Å². The minimum Gasteiger partial charge on any atom is -0.409 e. The van der Waals surface area contributed by atoms with Crippen LogP contribution in [0.25, 0.3) is 0 Å². The van der Waals surface area contributed by atoms with Gasteiger partial charge >= 0.3 is 0 Å². The zero-order valence-corrected chi connectivity index (χ0v) is 10.0. The molecule has 16 heavy (non-hydrogen) atoms. The Kier molecular flexibility index (Phi) is 3.28. The third kappa shape index (κ3) is 1.75. The molecular weight excluding hydrogens is 226 g/mol. The molecule has 1 heterocycles. The molecule has 0 bridgehead atoms. The van der Waals surface area contributed by atoms with Gasteiger partial charge in [-0.2, -0.15) is 11.8 Å². The molecule has 1 saturated carbocycles. The third-order valence-electron chi connectivity index (χ3n) is 3.51. The fourth-order valence-electron chi connectivity index (χ4n) is 2.27. The van der Waals surface area contributed by atoms with E-state index < -0.39 is 5.41 Å². The second-order valence-electron chi connectivity index (χ2n) is 4.33. The zero-order chi connectivity index (χ0) is 11.6. The lowest BCUT2D eigenvalue weighted by Crippen LogP contribution is -2.56. The van der Waals surface area contributed by atoms with Gasteiger partial charge in [0.05, 0.1) is 0 Å². The first-order valence-corrected chi connectivity index (χ1v) is 6.71. The van der Waals surface area contributed by atoms with Crippen molar-refractivity contribution < 1.29 is 10.0 Å². The minimum absolute atomic E-state index is 0.0503. The molecule has 3 N–H and O–H groups in total. The lowest BCUT2D eigenvalue weighted by atomic mass is 9.67. The molecule has 0 atom stereocenters. The molecule has 0 aromatic rings. The van der Waals surface area contributed by atoms with E-state index in [2.05, 4.69) is 5.16 Å². The van der Waals surface area contributed by atoms with Crippen LogP contribution in [0, 0.1) is 5.41 Å². The van der Waals surface area contributed by atoms with E-state index in [4.69, 9.17) is 10.9 Å². The predicted molar refractivity (Wildman–Crippen MR) is 63.6 cm³/mol. The van der Waals surface area contributed by atoms with E-state index in [9.17, 15) is 4.79 Å². The Morgan fingerprint density at radius 1 is 1.38 bits per heavy atom. The van der Waals surface area contributed by atoms with Gasteiger partial charge in [-0.1, -0.05) is 11.6 Å². The van der Waals surface area contributed by atoms with Crippen molar-refractivity contribution in [1.82, 2.24) is 4.90 Å². The summed E-state index contributed by atoms with van der Waals surface area (Å²) in [4.78, 5) is 14.2. The van der Waals surface area contributed by atoms with Gasteiger partial charge in [-0.25, -0.2) is 0 Å². The highest BCUT2D eigenvalue weighted by Gasteiger charge is 2.50. The van der Waals surface area contributed by atoms with Crippen molar-refractivity contribution >= 4 is 23.5 Å². The maximum atomic E-state index is 12.3. The highest BCUT2D eigenvalue weighted by atomic mass is 32.2. The van der Waals surface area contributed by atoms with Crippen LogP contribution in [-0.2, 0) is 4.79 Å². The Hall–Kier alpha value is -0.910. The number of hydrogen-bond donors (Lipinski definition) is 2. The Morgan fingerprint density at radius 2 is 2.00 bits per heavy atom. The number of rotatable bonds is 2. The monoisotopic (exact) mass is 243 g/mol. The van der Waals surface area contributed by atoms with E-state index in [-0.39, 0.29) is 11.7 Å². The number of carbonyl (C=O) groups is 1. The molecule has 5 nitrogen and oxygen atoms in total. The van der Waals surface area contributed by atoms with Crippen LogP contribution in [-0.4, -0.2) is 46.4 Å². The van der Waals surface area contributed by atoms with Crippen molar-refractivity contribution in [2.45, 2.75) is 19.3 Å². The second-order valence-corrected chi connectivity index (χ2v) is 5.55. The van der Waals surface area contributed by atoms with E-state index >= 15 is 0 Å². The minimum atomic E-state index is -0.698. The maximum Gasteiger partial charge on any atom is 0.236 e. The number of thioether (sulfide) groups is 1. The molecule has 1 amide bonds. The first-order valence-electron chi connectivity index (χ1n) is 5.56. The van der Waals surface area contributed by atoms with Gasteiger partial charge in [-0.05, 0) is 12.8 Å². The van der Waals surface area contributed by atoms with E-state index in [1.807, 2.05) is 16.7 Å². The Labute approximate surface area is 99.0 Å². The molecule has 2 fully saturated rings. The van der Waals surface area contributed by atoms with Gasteiger partial charge in [0, 0.05) is 24.6 Å².